The van der Waals surface area contributed by atoms with Crippen LogP contribution in [0, 0.1) is 0 Å². The number of fused-ring (bicyclic) bond motifs is 1. The molecule has 0 unspecified atom stereocenters. The lowest BCUT2D eigenvalue weighted by Crippen LogP contribution is -2.24. The molecule has 0 fully saturated rings. The highest BCUT2D eigenvalue weighted by Crippen LogP contribution is 2.32. The number of benzene rings is 1. The maximum atomic E-state index is 8.98. The molecule has 2 aromatic rings. The number of pyridine rings is 1. The van der Waals surface area contributed by atoms with Gasteiger partial charge >= 0.3 is 0 Å². The van der Waals surface area contributed by atoms with Crippen molar-refractivity contribution in [3.63, 3.8) is 0 Å². The number of nitrogens with two attached hydrogens (primary N) is 1. The zero-order valence-corrected chi connectivity index (χ0v) is 11.7. The smallest absolute Gasteiger partial charge is 0.173 e. The van der Waals surface area contributed by atoms with Crippen LogP contribution in [-0.2, 0) is 6.42 Å². The van der Waals surface area contributed by atoms with Crippen molar-refractivity contribution in [2.24, 2.45) is 10.9 Å². The predicted molar refractivity (Wildman–Crippen MR) is 83.1 cm³/mol. The van der Waals surface area contributed by atoms with Gasteiger partial charge in [-0.3, -0.25) is 0 Å². The lowest BCUT2D eigenvalue weighted by Gasteiger charge is -2.25. The second-order valence-corrected chi connectivity index (χ2v) is 5.10. The Hall–Kier alpha value is -2.56. The highest BCUT2D eigenvalue weighted by molar-refractivity contribution is 6.02. The number of rotatable bonds is 2. The van der Waals surface area contributed by atoms with Crippen molar-refractivity contribution >= 4 is 17.3 Å². The Morgan fingerprint density at radius 2 is 2.05 bits per heavy atom. The van der Waals surface area contributed by atoms with Gasteiger partial charge in [0.15, 0.2) is 5.84 Å². The molecule has 0 spiro atoms. The van der Waals surface area contributed by atoms with Gasteiger partial charge in [0.1, 0.15) is 5.82 Å². The number of aromatic nitrogens is 1. The minimum Gasteiger partial charge on any atom is -0.409 e. The summed E-state index contributed by atoms with van der Waals surface area (Å²) in [5.74, 6) is 0.821. The Labute approximate surface area is 123 Å². The van der Waals surface area contributed by atoms with Crippen molar-refractivity contribution in [1.29, 1.82) is 0 Å². The number of hydrogen-bond donors (Lipinski definition) is 2. The van der Waals surface area contributed by atoms with E-state index in [0.717, 1.165) is 37.3 Å². The highest BCUT2D eigenvalue weighted by atomic mass is 16.4. The molecular weight excluding hydrogens is 264 g/mol. The van der Waals surface area contributed by atoms with Crippen molar-refractivity contribution in [2.75, 3.05) is 11.4 Å². The summed E-state index contributed by atoms with van der Waals surface area (Å²) in [7, 11) is 0. The van der Waals surface area contributed by atoms with Gasteiger partial charge in [0.25, 0.3) is 0 Å². The summed E-state index contributed by atoms with van der Waals surface area (Å²) in [5, 5.41) is 12.1. The minimum absolute atomic E-state index is 0.0832. The molecule has 1 aliphatic heterocycles. The van der Waals surface area contributed by atoms with E-state index in [4.69, 9.17) is 10.9 Å². The van der Waals surface area contributed by atoms with Crippen molar-refractivity contribution in [3.05, 3.63) is 53.7 Å². The van der Waals surface area contributed by atoms with Gasteiger partial charge in [-0.2, -0.15) is 0 Å². The molecule has 0 amide bonds. The Kier molecular flexibility index (Phi) is 3.73. The summed E-state index contributed by atoms with van der Waals surface area (Å²) in [4.78, 5) is 6.63. The van der Waals surface area contributed by atoms with Crippen LogP contribution >= 0.6 is 0 Å². The van der Waals surface area contributed by atoms with Gasteiger partial charge in [0.2, 0.25) is 0 Å². The van der Waals surface area contributed by atoms with Gasteiger partial charge in [-0.1, -0.05) is 23.4 Å². The average Bonchev–Trinajstić information content (AvgIpc) is 2.76. The van der Waals surface area contributed by atoms with Crippen molar-refractivity contribution in [2.45, 2.75) is 19.3 Å². The minimum atomic E-state index is 0.0832. The van der Waals surface area contributed by atoms with E-state index in [1.807, 2.05) is 12.1 Å². The quantitative estimate of drug-likeness (QED) is 0.384. The molecule has 5 heteroatoms. The van der Waals surface area contributed by atoms with Crippen LogP contribution in [0.5, 0.6) is 0 Å². The molecule has 0 saturated heterocycles. The second kappa shape index (κ2) is 5.83. The van der Waals surface area contributed by atoms with Crippen LogP contribution in [0.3, 0.4) is 0 Å². The predicted octanol–water partition coefficient (Wildman–Crippen LogP) is 2.65. The average molecular weight is 282 g/mol. The highest BCUT2D eigenvalue weighted by Gasteiger charge is 2.21. The molecule has 3 N–H and O–H groups in total. The zero-order chi connectivity index (χ0) is 14.7. The normalized spacial score (nSPS) is 15.4. The third kappa shape index (κ3) is 2.54. The molecule has 0 radical (unpaired) electrons. The van der Waals surface area contributed by atoms with E-state index in [1.165, 1.54) is 5.56 Å². The molecule has 1 aromatic carbocycles. The summed E-state index contributed by atoms with van der Waals surface area (Å²) in [5.41, 5.74) is 8.91. The number of amidine groups is 1. The number of aryl methyl sites for hydroxylation is 1. The Morgan fingerprint density at radius 3 is 2.90 bits per heavy atom. The lowest BCUT2D eigenvalue weighted by atomic mass is 10.1. The standard InChI is InChI=1S/C16H18N4O/c17-15(19-21)13-8-5-10-18-16(13)20-11-4-3-7-12-6-1-2-9-14(12)20/h1-2,5-6,8-10,21H,3-4,7,11H2,(H2,17,19). The van der Waals surface area contributed by atoms with Crippen molar-refractivity contribution in [3.8, 4) is 0 Å². The topological polar surface area (TPSA) is 74.7 Å². The van der Waals surface area contributed by atoms with Crippen LogP contribution in [0.2, 0.25) is 0 Å². The SMILES string of the molecule is NC(=NO)c1cccnc1N1CCCCc2ccccc21. The van der Waals surface area contributed by atoms with Gasteiger partial charge in [-0.05, 0) is 43.0 Å². The zero-order valence-electron chi connectivity index (χ0n) is 11.7. The van der Waals surface area contributed by atoms with Gasteiger partial charge in [-0.15, -0.1) is 0 Å². The largest absolute Gasteiger partial charge is 0.409 e. The molecule has 0 bridgehead atoms. The van der Waals surface area contributed by atoms with Crippen LogP contribution in [0.25, 0.3) is 0 Å². The molecule has 0 atom stereocenters. The molecule has 5 nitrogen and oxygen atoms in total. The Balaban J connectivity index is 2.13. The van der Waals surface area contributed by atoms with Crippen LogP contribution in [0.4, 0.5) is 11.5 Å². The molecule has 2 heterocycles. The molecule has 1 aliphatic rings. The first-order chi connectivity index (χ1) is 10.3. The third-order valence-corrected chi connectivity index (χ3v) is 3.79. The maximum Gasteiger partial charge on any atom is 0.173 e. The fourth-order valence-electron chi connectivity index (χ4n) is 2.78. The van der Waals surface area contributed by atoms with Gasteiger partial charge in [-0.25, -0.2) is 4.98 Å². The number of para-hydroxylation sites is 1. The molecule has 0 aliphatic carbocycles. The van der Waals surface area contributed by atoms with E-state index in [9.17, 15) is 0 Å². The molecule has 0 saturated carbocycles. The summed E-state index contributed by atoms with van der Waals surface area (Å²) in [6, 6.07) is 12.0. The summed E-state index contributed by atoms with van der Waals surface area (Å²) < 4.78 is 0. The van der Waals surface area contributed by atoms with Crippen LogP contribution in [0.15, 0.2) is 47.8 Å². The van der Waals surface area contributed by atoms with E-state index in [0.29, 0.717) is 5.56 Å². The first-order valence-electron chi connectivity index (χ1n) is 7.09. The van der Waals surface area contributed by atoms with E-state index in [2.05, 4.69) is 33.2 Å². The fourth-order valence-corrected chi connectivity index (χ4v) is 2.78. The first-order valence-corrected chi connectivity index (χ1v) is 7.09. The number of nitrogens with zero attached hydrogens (tertiary/aromatic N) is 3. The van der Waals surface area contributed by atoms with Crippen LogP contribution < -0.4 is 10.6 Å². The van der Waals surface area contributed by atoms with Gasteiger partial charge in [0, 0.05) is 18.4 Å². The van der Waals surface area contributed by atoms with Crippen LogP contribution in [-0.4, -0.2) is 22.6 Å². The number of oxime groups is 1. The van der Waals surface area contributed by atoms with Crippen molar-refractivity contribution < 1.29 is 5.21 Å². The monoisotopic (exact) mass is 282 g/mol. The van der Waals surface area contributed by atoms with E-state index in [1.54, 1.807) is 12.3 Å². The third-order valence-electron chi connectivity index (χ3n) is 3.79. The van der Waals surface area contributed by atoms with Crippen LogP contribution in [0.1, 0.15) is 24.0 Å². The number of anilines is 2. The van der Waals surface area contributed by atoms with E-state index in [-0.39, 0.29) is 5.84 Å². The van der Waals surface area contributed by atoms with E-state index >= 15 is 0 Å². The summed E-state index contributed by atoms with van der Waals surface area (Å²) >= 11 is 0. The van der Waals surface area contributed by atoms with E-state index < -0.39 is 0 Å². The summed E-state index contributed by atoms with van der Waals surface area (Å²) in [6.07, 6.45) is 5.04. The first kappa shape index (κ1) is 13.4. The fraction of sp³-hybridized carbons (Fsp3) is 0.250. The molecular formula is C16H18N4O. The second-order valence-electron chi connectivity index (χ2n) is 5.10. The Bertz CT molecular complexity index is 669. The molecule has 3 rings (SSSR count). The number of hydrogen-bond acceptors (Lipinski definition) is 4. The maximum absolute atomic E-state index is 8.98. The van der Waals surface area contributed by atoms with Gasteiger partial charge < -0.3 is 15.8 Å². The molecule has 21 heavy (non-hydrogen) atoms. The van der Waals surface area contributed by atoms with Crippen molar-refractivity contribution in [1.82, 2.24) is 4.98 Å². The summed E-state index contributed by atoms with van der Waals surface area (Å²) in [6.45, 7) is 0.875. The lowest BCUT2D eigenvalue weighted by molar-refractivity contribution is 0.318. The molecule has 108 valence electrons. The van der Waals surface area contributed by atoms with Gasteiger partial charge in [0.05, 0.1) is 5.56 Å². The Morgan fingerprint density at radius 1 is 1.19 bits per heavy atom. The molecule has 1 aromatic heterocycles.